The van der Waals surface area contributed by atoms with Gasteiger partial charge in [-0.2, -0.15) is 0 Å². The molecule has 228 valence electrons. The van der Waals surface area contributed by atoms with E-state index in [0.29, 0.717) is 16.9 Å². The highest BCUT2D eigenvalue weighted by atomic mass is 35.5. The van der Waals surface area contributed by atoms with Crippen LogP contribution < -0.4 is 10.1 Å². The number of benzene rings is 2. The lowest BCUT2D eigenvalue weighted by molar-refractivity contribution is 0.0550. The number of nitrogens with one attached hydrogen (secondary N) is 1. The molecule has 0 bridgehead atoms. The fourth-order valence-corrected chi connectivity index (χ4v) is 5.75. The molecular formula is C37H51ClN2O2. The first-order valence-electron chi connectivity index (χ1n) is 15.3. The highest BCUT2D eigenvalue weighted by Crippen LogP contribution is 2.39. The van der Waals surface area contributed by atoms with Crippen molar-refractivity contribution in [3.8, 4) is 5.75 Å². The van der Waals surface area contributed by atoms with E-state index in [1.165, 1.54) is 30.4 Å². The molecule has 0 radical (unpaired) electrons. The zero-order valence-corrected chi connectivity index (χ0v) is 27.8. The molecule has 5 heteroatoms. The molecular weight excluding hydrogens is 540 g/mol. The topological polar surface area (TPSA) is 54.4 Å². The van der Waals surface area contributed by atoms with Crippen molar-refractivity contribution in [1.82, 2.24) is 4.98 Å². The van der Waals surface area contributed by atoms with Crippen molar-refractivity contribution in [2.24, 2.45) is 11.8 Å². The van der Waals surface area contributed by atoms with Gasteiger partial charge in [0.15, 0.2) is 0 Å². The second-order valence-electron chi connectivity index (χ2n) is 12.8. The van der Waals surface area contributed by atoms with E-state index in [0.717, 1.165) is 29.2 Å². The second-order valence-corrected chi connectivity index (χ2v) is 13.2. The summed E-state index contributed by atoms with van der Waals surface area (Å²) in [5.41, 5.74) is 6.16. The second kappa shape index (κ2) is 14.6. The van der Waals surface area contributed by atoms with Crippen LogP contribution in [0.4, 0.5) is 5.69 Å². The molecule has 2 N–H and O–H groups in total. The average Bonchev–Trinajstić information content (AvgIpc) is 2.93. The van der Waals surface area contributed by atoms with E-state index in [1.807, 2.05) is 71.1 Å². The van der Waals surface area contributed by atoms with Crippen molar-refractivity contribution in [2.75, 3.05) is 12.4 Å². The normalized spacial score (nSPS) is 16.0. The molecule has 1 aromatic heterocycles. The summed E-state index contributed by atoms with van der Waals surface area (Å²) in [6, 6.07) is 20.5. The highest BCUT2D eigenvalue weighted by Gasteiger charge is 2.39. The summed E-state index contributed by atoms with van der Waals surface area (Å²) in [7, 11) is 1.89. The SMILES string of the molecule is CC(C)C(C)C(C)(c1ccc(CC=C2CCC2)cc1)C(C)O.CNc1ccc(OC(C)(C)c2nc(C)ccc2Cl)cc1. The number of aliphatic hydroxyl groups excluding tert-OH is 1. The van der Waals surface area contributed by atoms with Gasteiger partial charge in [-0.15, -0.1) is 0 Å². The number of anilines is 1. The summed E-state index contributed by atoms with van der Waals surface area (Å²) < 4.78 is 6.05. The molecule has 3 atom stereocenters. The maximum atomic E-state index is 10.4. The number of aromatic nitrogens is 1. The number of ether oxygens (including phenoxy) is 1. The van der Waals surface area contributed by atoms with Crippen LogP contribution in [-0.4, -0.2) is 23.2 Å². The van der Waals surface area contributed by atoms with E-state index in [-0.39, 0.29) is 11.5 Å². The van der Waals surface area contributed by atoms with Crippen molar-refractivity contribution in [1.29, 1.82) is 0 Å². The molecule has 1 saturated carbocycles. The van der Waals surface area contributed by atoms with Crippen molar-refractivity contribution in [2.45, 2.75) is 98.2 Å². The predicted molar refractivity (Wildman–Crippen MR) is 179 cm³/mol. The fraction of sp³-hybridized carbons (Fsp3) is 0.486. The minimum atomic E-state index is -0.593. The monoisotopic (exact) mass is 590 g/mol. The summed E-state index contributed by atoms with van der Waals surface area (Å²) in [6.07, 6.45) is 7.04. The quantitative estimate of drug-likeness (QED) is 0.231. The molecule has 4 nitrogen and oxygen atoms in total. The lowest BCUT2D eigenvalue weighted by Crippen LogP contribution is -2.42. The third kappa shape index (κ3) is 8.39. The summed E-state index contributed by atoms with van der Waals surface area (Å²) in [6.45, 7) is 16.7. The average molecular weight is 591 g/mol. The number of hydrogen-bond acceptors (Lipinski definition) is 4. The highest BCUT2D eigenvalue weighted by molar-refractivity contribution is 6.31. The van der Waals surface area contributed by atoms with Crippen LogP contribution in [0.25, 0.3) is 0 Å². The number of allylic oxidation sites excluding steroid dienone is 2. The lowest BCUT2D eigenvalue weighted by atomic mass is 9.65. The number of pyridine rings is 1. The smallest absolute Gasteiger partial charge is 0.147 e. The van der Waals surface area contributed by atoms with Crippen molar-refractivity contribution >= 4 is 17.3 Å². The number of aliphatic hydroxyl groups is 1. The lowest BCUT2D eigenvalue weighted by Gasteiger charge is -2.41. The first-order chi connectivity index (χ1) is 19.8. The van der Waals surface area contributed by atoms with Crippen LogP contribution in [-0.2, 0) is 17.4 Å². The maximum absolute atomic E-state index is 10.4. The molecule has 0 spiro atoms. The Morgan fingerprint density at radius 2 is 1.57 bits per heavy atom. The van der Waals surface area contributed by atoms with Crippen LogP contribution >= 0.6 is 11.6 Å². The Balaban J connectivity index is 0.000000231. The van der Waals surface area contributed by atoms with Gasteiger partial charge in [-0.3, -0.25) is 4.98 Å². The molecule has 0 aliphatic heterocycles. The number of halogens is 1. The third-order valence-corrected chi connectivity index (χ3v) is 9.39. The molecule has 1 fully saturated rings. The largest absolute Gasteiger partial charge is 0.481 e. The molecule has 0 amide bonds. The first kappa shape index (κ1) is 33.7. The Kier molecular flexibility index (Phi) is 11.7. The van der Waals surface area contributed by atoms with Crippen LogP contribution in [0.15, 0.2) is 72.3 Å². The van der Waals surface area contributed by atoms with E-state index in [9.17, 15) is 5.11 Å². The fourth-order valence-electron chi connectivity index (χ4n) is 5.42. The molecule has 3 aromatic rings. The minimum Gasteiger partial charge on any atom is -0.481 e. The van der Waals surface area contributed by atoms with Gasteiger partial charge in [-0.05, 0) is 113 Å². The van der Waals surface area contributed by atoms with Crippen LogP contribution in [0, 0.1) is 18.8 Å². The summed E-state index contributed by atoms with van der Waals surface area (Å²) in [4.78, 5) is 4.50. The van der Waals surface area contributed by atoms with Crippen LogP contribution in [0.5, 0.6) is 5.75 Å². The predicted octanol–water partition coefficient (Wildman–Crippen LogP) is 9.67. The standard InChI is InChI=1S/C21H32O.C16H19ClN2O/c1-15(2)16(3)21(5,17(4)22)20-13-11-19(12-14-20)10-9-18-7-6-8-18;1-11-5-10-14(17)15(19-11)16(2,3)20-13-8-6-12(18-4)7-9-13/h9,11-17,22H,6-8,10H2,1-5H3;5-10,18H,1-4H3. The van der Waals surface area contributed by atoms with Gasteiger partial charge in [0, 0.05) is 23.8 Å². The van der Waals surface area contributed by atoms with Gasteiger partial charge in [-0.25, -0.2) is 0 Å². The molecule has 1 aliphatic carbocycles. The molecule has 0 saturated heterocycles. The van der Waals surface area contributed by atoms with Crippen molar-refractivity contribution in [3.63, 3.8) is 0 Å². The molecule has 4 rings (SSSR count). The first-order valence-corrected chi connectivity index (χ1v) is 15.7. The van der Waals surface area contributed by atoms with Gasteiger partial charge in [0.05, 0.1) is 11.1 Å². The number of hydrogen-bond donors (Lipinski definition) is 2. The molecule has 1 aliphatic rings. The summed E-state index contributed by atoms with van der Waals surface area (Å²) in [5, 5.41) is 14.1. The van der Waals surface area contributed by atoms with Gasteiger partial charge < -0.3 is 15.2 Å². The zero-order chi connectivity index (χ0) is 31.1. The maximum Gasteiger partial charge on any atom is 0.147 e. The number of nitrogens with zero attached hydrogens (tertiary/aromatic N) is 1. The number of rotatable bonds is 10. The summed E-state index contributed by atoms with van der Waals surface area (Å²) in [5.74, 6) is 1.76. The van der Waals surface area contributed by atoms with E-state index >= 15 is 0 Å². The van der Waals surface area contributed by atoms with Crippen molar-refractivity contribution < 1.29 is 9.84 Å². The number of aryl methyl sites for hydroxylation is 1. The van der Waals surface area contributed by atoms with Crippen LogP contribution in [0.3, 0.4) is 0 Å². The van der Waals surface area contributed by atoms with Gasteiger partial charge in [-0.1, -0.05) is 75.2 Å². The van der Waals surface area contributed by atoms with Gasteiger partial charge in [0.25, 0.3) is 0 Å². The molecule has 1 heterocycles. The molecule has 2 aromatic carbocycles. The third-order valence-electron chi connectivity index (χ3n) is 9.08. The van der Waals surface area contributed by atoms with E-state index in [4.69, 9.17) is 16.3 Å². The Labute approximate surface area is 259 Å². The Morgan fingerprint density at radius 1 is 0.952 bits per heavy atom. The van der Waals surface area contributed by atoms with E-state index in [2.05, 4.69) is 68.3 Å². The van der Waals surface area contributed by atoms with Crippen molar-refractivity contribution in [3.05, 3.63) is 99.9 Å². The Bertz CT molecular complexity index is 1310. The van der Waals surface area contributed by atoms with E-state index in [1.54, 1.807) is 5.57 Å². The zero-order valence-electron chi connectivity index (χ0n) is 27.1. The Morgan fingerprint density at radius 3 is 2.07 bits per heavy atom. The summed E-state index contributed by atoms with van der Waals surface area (Å²) >= 11 is 6.24. The van der Waals surface area contributed by atoms with E-state index < -0.39 is 5.60 Å². The van der Waals surface area contributed by atoms with Gasteiger partial charge in [0.2, 0.25) is 0 Å². The molecule has 42 heavy (non-hydrogen) atoms. The minimum absolute atomic E-state index is 0.195. The van der Waals surface area contributed by atoms with Crippen LogP contribution in [0.1, 0.15) is 90.2 Å². The Hall–Kier alpha value is -2.82. The molecule has 3 unspecified atom stereocenters. The van der Waals surface area contributed by atoms with Gasteiger partial charge in [0.1, 0.15) is 17.0 Å². The van der Waals surface area contributed by atoms with Crippen LogP contribution in [0.2, 0.25) is 5.02 Å². The van der Waals surface area contributed by atoms with Gasteiger partial charge >= 0.3 is 0 Å².